The molecule has 5 rings (SSSR count). The van der Waals surface area contributed by atoms with Crippen LogP contribution in [0.5, 0.6) is 0 Å². The molecule has 1 N–H and O–H groups in total. The lowest BCUT2D eigenvalue weighted by molar-refractivity contribution is -0.0123. The van der Waals surface area contributed by atoms with Crippen molar-refractivity contribution in [2.45, 2.75) is 45.1 Å². The molecular weight excluding hydrogens is 244 g/mol. The zero-order chi connectivity index (χ0) is 13.5. The van der Waals surface area contributed by atoms with Crippen LogP contribution in [0.4, 0.5) is 0 Å². The average molecular weight is 272 g/mol. The Bertz CT molecular complexity index is 391. The molecule has 4 bridgehead atoms. The normalized spacial score (nSPS) is 47.0. The third kappa shape index (κ3) is 2.40. The van der Waals surface area contributed by atoms with Crippen LogP contribution in [-0.4, -0.2) is 37.1 Å². The van der Waals surface area contributed by atoms with E-state index in [-0.39, 0.29) is 0 Å². The molecule has 2 nitrogen and oxygen atoms in total. The molecule has 1 saturated heterocycles. The minimum atomic E-state index is 0.650. The predicted molar refractivity (Wildman–Crippen MR) is 82.2 cm³/mol. The lowest BCUT2D eigenvalue weighted by atomic mass is 9.52. The van der Waals surface area contributed by atoms with Crippen molar-refractivity contribution in [1.82, 2.24) is 10.2 Å². The van der Waals surface area contributed by atoms with E-state index in [0.717, 1.165) is 55.8 Å². The summed E-state index contributed by atoms with van der Waals surface area (Å²) >= 11 is 0. The molecule has 1 unspecified atom stereocenters. The Balaban J connectivity index is 1.38. The van der Waals surface area contributed by atoms with E-state index < -0.39 is 0 Å². The highest BCUT2D eigenvalue weighted by molar-refractivity contribution is 5.14. The first-order valence-corrected chi connectivity index (χ1v) is 8.72. The summed E-state index contributed by atoms with van der Waals surface area (Å²) in [5, 5.41) is 3.46. The van der Waals surface area contributed by atoms with Crippen LogP contribution in [0.3, 0.4) is 0 Å². The molecule has 0 aromatic heterocycles. The molecule has 0 radical (unpaired) electrons. The van der Waals surface area contributed by atoms with E-state index in [1.807, 2.05) is 0 Å². The molecule has 5 aliphatic rings. The first-order chi connectivity index (χ1) is 9.79. The van der Waals surface area contributed by atoms with Crippen molar-refractivity contribution in [1.29, 1.82) is 0 Å². The van der Waals surface area contributed by atoms with Gasteiger partial charge in [-0.3, -0.25) is 4.90 Å². The number of hydrogen-bond donors (Lipinski definition) is 1. The fourth-order valence-electron chi connectivity index (χ4n) is 5.54. The predicted octanol–water partition coefficient (Wildman–Crippen LogP) is 2.36. The molecule has 4 aliphatic carbocycles. The average Bonchev–Trinajstić information content (AvgIpc) is 2.43. The van der Waals surface area contributed by atoms with Crippen molar-refractivity contribution in [2.75, 3.05) is 26.2 Å². The molecular formula is C18H28N2. The van der Waals surface area contributed by atoms with E-state index in [1.165, 1.54) is 25.7 Å². The number of rotatable bonds is 1. The molecule has 0 aromatic carbocycles. The van der Waals surface area contributed by atoms with Gasteiger partial charge in [-0.25, -0.2) is 0 Å². The van der Waals surface area contributed by atoms with Gasteiger partial charge in [0.25, 0.3) is 0 Å². The van der Waals surface area contributed by atoms with Crippen LogP contribution < -0.4 is 5.32 Å². The van der Waals surface area contributed by atoms with Crippen LogP contribution in [-0.2, 0) is 0 Å². The first-order valence-electron chi connectivity index (χ1n) is 8.72. The second-order valence-electron chi connectivity index (χ2n) is 7.80. The van der Waals surface area contributed by atoms with Crippen LogP contribution in [0.1, 0.15) is 39.0 Å². The monoisotopic (exact) mass is 272 g/mol. The van der Waals surface area contributed by atoms with E-state index in [1.54, 1.807) is 6.42 Å². The Morgan fingerprint density at radius 3 is 2.40 bits per heavy atom. The topological polar surface area (TPSA) is 15.3 Å². The van der Waals surface area contributed by atoms with Crippen LogP contribution >= 0.6 is 0 Å². The maximum absolute atomic E-state index is 3.72. The second-order valence-corrected chi connectivity index (χ2v) is 7.80. The molecule has 1 aliphatic heterocycles. The van der Waals surface area contributed by atoms with Crippen LogP contribution in [0.25, 0.3) is 0 Å². The van der Waals surface area contributed by atoms with Gasteiger partial charge in [-0.2, -0.15) is 0 Å². The van der Waals surface area contributed by atoms with E-state index in [4.69, 9.17) is 0 Å². The molecule has 0 spiro atoms. The minimum Gasteiger partial charge on any atom is -0.314 e. The van der Waals surface area contributed by atoms with E-state index in [2.05, 4.69) is 29.0 Å². The SMILES string of the molecule is CC1CNCCN1CC#CC1C2CC3CC(C2)CC1C3. The summed E-state index contributed by atoms with van der Waals surface area (Å²) < 4.78 is 0. The van der Waals surface area contributed by atoms with E-state index in [0.29, 0.717) is 6.04 Å². The van der Waals surface area contributed by atoms with Gasteiger partial charge in [0.1, 0.15) is 0 Å². The lowest BCUT2D eigenvalue weighted by Gasteiger charge is -2.53. The molecule has 5 fully saturated rings. The summed E-state index contributed by atoms with van der Waals surface area (Å²) in [6.07, 6.45) is 7.53. The molecule has 1 heterocycles. The van der Waals surface area contributed by atoms with Crippen molar-refractivity contribution >= 4 is 0 Å². The minimum absolute atomic E-state index is 0.650. The van der Waals surface area contributed by atoms with Crippen molar-refractivity contribution in [3.63, 3.8) is 0 Å². The molecule has 110 valence electrons. The number of nitrogens with one attached hydrogen (secondary N) is 1. The summed E-state index contributed by atoms with van der Waals surface area (Å²) in [4.78, 5) is 2.54. The summed E-state index contributed by atoms with van der Waals surface area (Å²) in [6, 6.07) is 0.650. The Labute approximate surface area is 123 Å². The van der Waals surface area contributed by atoms with Crippen LogP contribution in [0.2, 0.25) is 0 Å². The molecule has 20 heavy (non-hydrogen) atoms. The number of piperazine rings is 1. The molecule has 4 saturated carbocycles. The van der Waals surface area contributed by atoms with Gasteiger partial charge in [0.2, 0.25) is 0 Å². The first kappa shape index (κ1) is 13.2. The van der Waals surface area contributed by atoms with Gasteiger partial charge in [0.05, 0.1) is 6.54 Å². The van der Waals surface area contributed by atoms with Gasteiger partial charge < -0.3 is 5.32 Å². The molecule has 0 amide bonds. The Kier molecular flexibility index (Phi) is 3.52. The highest BCUT2D eigenvalue weighted by Gasteiger charge is 2.47. The number of nitrogens with zero attached hydrogens (tertiary/aromatic N) is 1. The molecule has 2 heteroatoms. The standard InChI is InChI=1S/C18H28N2/c1-13-12-19-4-6-20(13)5-2-3-18-16-8-14-7-15(10-16)11-17(18)9-14/h13-19H,4-12H2,1H3. The summed E-state index contributed by atoms with van der Waals surface area (Å²) in [6.45, 7) is 6.73. The summed E-state index contributed by atoms with van der Waals surface area (Å²) in [5.41, 5.74) is 0. The second kappa shape index (κ2) is 5.35. The van der Waals surface area contributed by atoms with Crippen molar-refractivity contribution in [3.05, 3.63) is 0 Å². The maximum atomic E-state index is 3.72. The number of hydrogen-bond acceptors (Lipinski definition) is 2. The van der Waals surface area contributed by atoms with Crippen molar-refractivity contribution in [3.8, 4) is 11.8 Å². The quantitative estimate of drug-likeness (QED) is 0.737. The smallest absolute Gasteiger partial charge is 0.0604 e. The van der Waals surface area contributed by atoms with Gasteiger partial charge in [-0.1, -0.05) is 11.8 Å². The maximum Gasteiger partial charge on any atom is 0.0604 e. The Hall–Kier alpha value is -0.520. The highest BCUT2D eigenvalue weighted by Crippen LogP contribution is 2.56. The Morgan fingerprint density at radius 2 is 1.75 bits per heavy atom. The largest absolute Gasteiger partial charge is 0.314 e. The third-order valence-electron chi connectivity index (χ3n) is 6.42. The van der Waals surface area contributed by atoms with Crippen LogP contribution in [0.15, 0.2) is 0 Å². The zero-order valence-electron chi connectivity index (χ0n) is 12.8. The lowest BCUT2D eigenvalue weighted by Crippen LogP contribution is -2.49. The molecule has 1 atom stereocenters. The fourth-order valence-corrected chi connectivity index (χ4v) is 5.54. The van der Waals surface area contributed by atoms with E-state index in [9.17, 15) is 0 Å². The highest BCUT2D eigenvalue weighted by atomic mass is 15.2. The summed E-state index contributed by atoms with van der Waals surface area (Å²) in [7, 11) is 0. The van der Waals surface area contributed by atoms with Gasteiger partial charge in [-0.15, -0.1) is 0 Å². The molecule has 0 aromatic rings. The third-order valence-corrected chi connectivity index (χ3v) is 6.42. The fraction of sp³-hybridized carbons (Fsp3) is 0.889. The van der Waals surface area contributed by atoms with Crippen LogP contribution in [0, 0.1) is 41.4 Å². The van der Waals surface area contributed by atoms with Gasteiger partial charge in [0.15, 0.2) is 0 Å². The Morgan fingerprint density at radius 1 is 1.05 bits per heavy atom. The van der Waals surface area contributed by atoms with E-state index >= 15 is 0 Å². The summed E-state index contributed by atoms with van der Waals surface area (Å²) in [5.74, 6) is 12.1. The van der Waals surface area contributed by atoms with Crippen molar-refractivity contribution < 1.29 is 0 Å². The zero-order valence-corrected chi connectivity index (χ0v) is 12.8. The van der Waals surface area contributed by atoms with Crippen molar-refractivity contribution in [2.24, 2.45) is 29.6 Å². The van der Waals surface area contributed by atoms with Gasteiger partial charge >= 0.3 is 0 Å². The van der Waals surface area contributed by atoms with Gasteiger partial charge in [-0.05, 0) is 62.7 Å². The van der Waals surface area contributed by atoms with Gasteiger partial charge in [0, 0.05) is 31.6 Å².